The van der Waals surface area contributed by atoms with Crippen LogP contribution in [0.5, 0.6) is 0 Å². The fourth-order valence-corrected chi connectivity index (χ4v) is 0.898. The third kappa shape index (κ3) is 9.28. The second-order valence-corrected chi connectivity index (χ2v) is 2.95. The van der Waals surface area contributed by atoms with Crippen LogP contribution in [-0.2, 0) is 4.74 Å². The third-order valence-electron chi connectivity index (χ3n) is 1.76. The monoisotopic (exact) mass is 185 g/mol. The van der Waals surface area contributed by atoms with E-state index in [1.807, 2.05) is 0 Å². The van der Waals surface area contributed by atoms with Crippen molar-refractivity contribution < 1.29 is 4.74 Å². The normalized spacial score (nSPS) is 10.3. The summed E-state index contributed by atoms with van der Waals surface area (Å²) in [5.41, 5.74) is 0. The van der Waals surface area contributed by atoms with Crippen LogP contribution in [0.2, 0.25) is 0 Å². The van der Waals surface area contributed by atoms with Gasteiger partial charge in [-0.1, -0.05) is 0 Å². The van der Waals surface area contributed by atoms with Crippen molar-refractivity contribution in [2.45, 2.75) is 6.42 Å². The van der Waals surface area contributed by atoms with Gasteiger partial charge in [0.05, 0.1) is 12.7 Å². The summed E-state index contributed by atoms with van der Waals surface area (Å²) >= 11 is 0. The molecule has 0 fully saturated rings. The van der Waals surface area contributed by atoms with E-state index in [0.29, 0.717) is 6.42 Å². The van der Waals surface area contributed by atoms with Gasteiger partial charge >= 0.3 is 0 Å². The molecule has 0 rings (SSSR count). The van der Waals surface area contributed by atoms with Crippen molar-refractivity contribution in [1.29, 1.82) is 5.26 Å². The van der Waals surface area contributed by atoms with Crippen LogP contribution in [0.1, 0.15) is 6.42 Å². The molecule has 76 valence electrons. The molecule has 0 unspecified atom stereocenters. The maximum absolute atomic E-state index is 8.27. The number of ether oxygens (including phenoxy) is 1. The van der Waals surface area contributed by atoms with Crippen molar-refractivity contribution in [3.8, 4) is 6.07 Å². The Morgan fingerprint density at radius 3 is 2.77 bits per heavy atom. The Hall–Kier alpha value is -0.630. The van der Waals surface area contributed by atoms with E-state index in [9.17, 15) is 0 Å². The maximum atomic E-state index is 8.27. The summed E-state index contributed by atoms with van der Waals surface area (Å²) in [6, 6.07) is 2.09. The van der Waals surface area contributed by atoms with Gasteiger partial charge in [0, 0.05) is 39.7 Å². The summed E-state index contributed by atoms with van der Waals surface area (Å²) in [6.45, 7) is 4.44. The van der Waals surface area contributed by atoms with Crippen molar-refractivity contribution in [3.05, 3.63) is 0 Å². The summed E-state index contributed by atoms with van der Waals surface area (Å²) in [5, 5.41) is 11.5. The van der Waals surface area contributed by atoms with Gasteiger partial charge in [0.25, 0.3) is 0 Å². The Labute approximate surface area is 80.5 Å². The van der Waals surface area contributed by atoms with Gasteiger partial charge in [-0.15, -0.1) is 0 Å². The zero-order valence-corrected chi connectivity index (χ0v) is 8.55. The molecule has 0 spiro atoms. The van der Waals surface area contributed by atoms with E-state index in [2.05, 4.69) is 23.3 Å². The number of nitriles is 1. The predicted octanol–water partition coefficient (Wildman–Crippen LogP) is 0.0679. The zero-order valence-electron chi connectivity index (χ0n) is 8.55. The van der Waals surface area contributed by atoms with Crippen LogP contribution in [0.15, 0.2) is 0 Å². The summed E-state index contributed by atoms with van der Waals surface area (Å²) < 4.78 is 4.95. The smallest absolute Gasteiger partial charge is 0.0635 e. The quantitative estimate of drug-likeness (QED) is 0.544. The van der Waals surface area contributed by atoms with Gasteiger partial charge in [-0.3, -0.25) is 0 Å². The molecule has 0 atom stereocenters. The van der Waals surface area contributed by atoms with E-state index in [1.54, 1.807) is 7.11 Å². The fraction of sp³-hybridized carbons (Fsp3) is 0.889. The molecule has 0 aromatic heterocycles. The second-order valence-electron chi connectivity index (χ2n) is 2.95. The summed E-state index contributed by atoms with van der Waals surface area (Å²) in [7, 11) is 3.77. The number of hydrogen-bond acceptors (Lipinski definition) is 4. The van der Waals surface area contributed by atoms with Crippen LogP contribution in [-0.4, -0.2) is 51.8 Å². The first kappa shape index (κ1) is 12.4. The molecular weight excluding hydrogens is 166 g/mol. The Balaban J connectivity index is 3.08. The van der Waals surface area contributed by atoms with Gasteiger partial charge in [0.15, 0.2) is 0 Å². The lowest BCUT2D eigenvalue weighted by molar-refractivity contribution is 0.161. The number of nitrogens with zero attached hydrogens (tertiary/aromatic N) is 2. The third-order valence-corrected chi connectivity index (χ3v) is 1.76. The molecule has 0 aliphatic rings. The average Bonchev–Trinajstić information content (AvgIpc) is 2.14. The minimum atomic E-state index is 0.585. The van der Waals surface area contributed by atoms with Crippen LogP contribution < -0.4 is 5.32 Å². The number of methoxy groups -OCH3 is 1. The summed E-state index contributed by atoms with van der Waals surface area (Å²) in [4.78, 5) is 2.20. The van der Waals surface area contributed by atoms with E-state index in [-0.39, 0.29) is 0 Å². The predicted molar refractivity (Wildman–Crippen MR) is 52.5 cm³/mol. The van der Waals surface area contributed by atoms with Crippen molar-refractivity contribution >= 4 is 0 Å². The molecule has 0 aliphatic carbocycles. The Morgan fingerprint density at radius 1 is 1.38 bits per heavy atom. The molecule has 0 aliphatic heterocycles. The number of hydrogen-bond donors (Lipinski definition) is 1. The molecule has 13 heavy (non-hydrogen) atoms. The Morgan fingerprint density at radius 2 is 2.15 bits per heavy atom. The van der Waals surface area contributed by atoms with Crippen molar-refractivity contribution in [2.75, 3.05) is 46.9 Å². The fourth-order valence-electron chi connectivity index (χ4n) is 0.898. The van der Waals surface area contributed by atoms with E-state index in [1.165, 1.54) is 0 Å². The van der Waals surface area contributed by atoms with E-state index < -0.39 is 0 Å². The average molecular weight is 185 g/mol. The SMILES string of the molecule is COCCN(C)CCNCCC#N. The second kappa shape index (κ2) is 9.46. The maximum Gasteiger partial charge on any atom is 0.0635 e. The van der Waals surface area contributed by atoms with Gasteiger partial charge in [0.1, 0.15) is 0 Å². The van der Waals surface area contributed by atoms with Crippen LogP contribution in [0, 0.1) is 11.3 Å². The number of nitrogens with one attached hydrogen (secondary N) is 1. The first-order valence-corrected chi connectivity index (χ1v) is 4.56. The molecule has 0 aromatic rings. The van der Waals surface area contributed by atoms with Gasteiger partial charge in [-0.05, 0) is 7.05 Å². The molecule has 0 heterocycles. The summed E-state index contributed by atoms with van der Waals surface area (Å²) in [5.74, 6) is 0. The largest absolute Gasteiger partial charge is 0.383 e. The van der Waals surface area contributed by atoms with Crippen molar-refractivity contribution in [2.24, 2.45) is 0 Å². The first-order valence-electron chi connectivity index (χ1n) is 4.56. The van der Waals surface area contributed by atoms with E-state index in [0.717, 1.165) is 32.8 Å². The Kier molecular flexibility index (Phi) is 9.00. The lowest BCUT2D eigenvalue weighted by Crippen LogP contribution is -2.31. The molecule has 0 amide bonds. The van der Waals surface area contributed by atoms with Gasteiger partial charge in [0.2, 0.25) is 0 Å². The lowest BCUT2D eigenvalue weighted by Gasteiger charge is -2.15. The van der Waals surface area contributed by atoms with Gasteiger partial charge < -0.3 is 15.0 Å². The van der Waals surface area contributed by atoms with Crippen LogP contribution in [0.25, 0.3) is 0 Å². The standard InChI is InChI=1S/C9H19N3O/c1-12(8-9-13-2)7-6-11-5-3-4-10/h11H,3,5-9H2,1-2H3. The highest BCUT2D eigenvalue weighted by atomic mass is 16.5. The van der Waals surface area contributed by atoms with Crippen LogP contribution in [0.3, 0.4) is 0 Å². The molecule has 4 nitrogen and oxygen atoms in total. The Bertz CT molecular complexity index is 144. The number of likely N-dealkylation sites (N-methyl/N-ethyl adjacent to an activating group) is 1. The first-order chi connectivity index (χ1) is 6.31. The molecule has 0 saturated heterocycles. The summed E-state index contributed by atoms with van der Waals surface area (Å²) in [6.07, 6.45) is 0.585. The molecule has 0 radical (unpaired) electrons. The molecule has 0 aromatic carbocycles. The molecule has 1 N–H and O–H groups in total. The van der Waals surface area contributed by atoms with Crippen molar-refractivity contribution in [3.63, 3.8) is 0 Å². The highest BCUT2D eigenvalue weighted by molar-refractivity contribution is 4.70. The van der Waals surface area contributed by atoms with Gasteiger partial charge in [-0.2, -0.15) is 5.26 Å². The van der Waals surface area contributed by atoms with Crippen LogP contribution >= 0.6 is 0 Å². The van der Waals surface area contributed by atoms with E-state index in [4.69, 9.17) is 10.00 Å². The van der Waals surface area contributed by atoms with E-state index >= 15 is 0 Å². The highest BCUT2D eigenvalue weighted by Gasteiger charge is 1.95. The minimum Gasteiger partial charge on any atom is -0.383 e. The molecule has 0 bridgehead atoms. The van der Waals surface area contributed by atoms with Crippen LogP contribution in [0.4, 0.5) is 0 Å². The molecule has 4 heteroatoms. The van der Waals surface area contributed by atoms with Crippen molar-refractivity contribution in [1.82, 2.24) is 10.2 Å². The topological polar surface area (TPSA) is 48.3 Å². The van der Waals surface area contributed by atoms with Gasteiger partial charge in [-0.25, -0.2) is 0 Å². The minimum absolute atomic E-state index is 0.585. The molecule has 0 saturated carbocycles. The highest BCUT2D eigenvalue weighted by Crippen LogP contribution is 1.81. The number of rotatable bonds is 8. The lowest BCUT2D eigenvalue weighted by atomic mass is 10.4. The zero-order chi connectivity index (χ0) is 9.94. The molecular formula is C9H19N3O.